The number of hydrogen-bond donors (Lipinski definition) is 2. The zero-order valence-corrected chi connectivity index (χ0v) is 8.75. The summed E-state index contributed by atoms with van der Waals surface area (Å²) in [6, 6.07) is 0. The Bertz CT molecular complexity index is 220. The second-order valence-electron chi connectivity index (χ2n) is 5.71. The van der Waals surface area contributed by atoms with Crippen molar-refractivity contribution in [2.75, 3.05) is 6.61 Å². The highest BCUT2D eigenvalue weighted by Crippen LogP contribution is 2.67. The van der Waals surface area contributed by atoms with E-state index < -0.39 is 5.60 Å². The van der Waals surface area contributed by atoms with Crippen molar-refractivity contribution in [3.05, 3.63) is 0 Å². The largest absolute Gasteiger partial charge is 0.396 e. The van der Waals surface area contributed by atoms with Crippen molar-refractivity contribution in [2.45, 2.75) is 39.2 Å². The molecule has 4 atom stereocenters. The average molecular weight is 184 g/mol. The molecule has 2 heteroatoms. The molecule has 2 N–H and O–H groups in total. The molecule has 2 saturated carbocycles. The quantitative estimate of drug-likeness (QED) is 0.647. The SMILES string of the molecule is CC1(O)CC2C(CC1CO)C2(C)C. The highest BCUT2D eigenvalue weighted by Gasteiger charge is 2.63. The maximum Gasteiger partial charge on any atom is 0.0672 e. The molecule has 2 fully saturated rings. The van der Waals surface area contributed by atoms with Crippen molar-refractivity contribution >= 4 is 0 Å². The fourth-order valence-electron chi connectivity index (χ4n) is 3.17. The molecule has 0 saturated heterocycles. The second kappa shape index (κ2) is 2.48. The van der Waals surface area contributed by atoms with Gasteiger partial charge in [0.1, 0.15) is 0 Å². The van der Waals surface area contributed by atoms with Crippen molar-refractivity contribution < 1.29 is 10.2 Å². The lowest BCUT2D eigenvalue weighted by molar-refractivity contribution is -0.0552. The number of aliphatic hydroxyl groups is 2. The van der Waals surface area contributed by atoms with Crippen LogP contribution >= 0.6 is 0 Å². The standard InChI is InChI=1S/C11H20O2/c1-10(2)8-4-7(6-12)11(3,13)5-9(8)10/h7-9,12-13H,4-6H2,1-3H3. The molecule has 0 heterocycles. The molecule has 0 bridgehead atoms. The van der Waals surface area contributed by atoms with E-state index in [2.05, 4.69) is 13.8 Å². The van der Waals surface area contributed by atoms with E-state index in [-0.39, 0.29) is 12.5 Å². The third kappa shape index (κ3) is 1.23. The van der Waals surface area contributed by atoms with Gasteiger partial charge >= 0.3 is 0 Å². The summed E-state index contributed by atoms with van der Waals surface area (Å²) in [5, 5.41) is 19.3. The molecule has 0 aromatic carbocycles. The van der Waals surface area contributed by atoms with Crippen LogP contribution in [0, 0.1) is 23.2 Å². The monoisotopic (exact) mass is 184 g/mol. The van der Waals surface area contributed by atoms with E-state index in [0.717, 1.165) is 18.8 Å². The Balaban J connectivity index is 2.13. The van der Waals surface area contributed by atoms with E-state index in [1.54, 1.807) is 0 Å². The molecule has 0 amide bonds. The van der Waals surface area contributed by atoms with Gasteiger partial charge in [-0.2, -0.15) is 0 Å². The molecule has 2 rings (SSSR count). The summed E-state index contributed by atoms with van der Waals surface area (Å²) in [7, 11) is 0. The highest BCUT2D eigenvalue weighted by atomic mass is 16.3. The van der Waals surface area contributed by atoms with Crippen LogP contribution in [-0.2, 0) is 0 Å². The Labute approximate surface area is 80.0 Å². The minimum absolute atomic E-state index is 0.0931. The number of aliphatic hydroxyl groups excluding tert-OH is 1. The molecular weight excluding hydrogens is 164 g/mol. The Hall–Kier alpha value is -0.0800. The Morgan fingerprint density at radius 3 is 2.38 bits per heavy atom. The summed E-state index contributed by atoms with van der Waals surface area (Å²) >= 11 is 0. The third-order valence-electron chi connectivity index (χ3n) is 4.56. The molecule has 2 nitrogen and oxygen atoms in total. The molecule has 0 spiro atoms. The van der Waals surface area contributed by atoms with Crippen LogP contribution in [-0.4, -0.2) is 22.4 Å². The molecule has 4 unspecified atom stereocenters. The molecule has 0 aliphatic heterocycles. The maximum atomic E-state index is 10.1. The summed E-state index contributed by atoms with van der Waals surface area (Å²) in [6.45, 7) is 6.56. The van der Waals surface area contributed by atoms with E-state index in [9.17, 15) is 10.2 Å². The van der Waals surface area contributed by atoms with E-state index >= 15 is 0 Å². The summed E-state index contributed by atoms with van der Waals surface area (Å²) in [5.74, 6) is 1.52. The first-order valence-electron chi connectivity index (χ1n) is 5.23. The third-order valence-corrected chi connectivity index (χ3v) is 4.56. The first-order valence-corrected chi connectivity index (χ1v) is 5.23. The molecule has 76 valence electrons. The van der Waals surface area contributed by atoms with Gasteiger partial charge in [0, 0.05) is 12.5 Å². The molecular formula is C11H20O2. The van der Waals surface area contributed by atoms with E-state index in [4.69, 9.17) is 0 Å². The van der Waals surface area contributed by atoms with Crippen LogP contribution in [0.4, 0.5) is 0 Å². The minimum Gasteiger partial charge on any atom is -0.396 e. The normalized spacial score (nSPS) is 52.8. The van der Waals surface area contributed by atoms with Crippen molar-refractivity contribution in [2.24, 2.45) is 23.2 Å². The lowest BCUT2D eigenvalue weighted by atomic mass is 9.77. The summed E-state index contributed by atoms with van der Waals surface area (Å²) in [6.07, 6.45) is 1.87. The van der Waals surface area contributed by atoms with Crippen molar-refractivity contribution in [3.8, 4) is 0 Å². The van der Waals surface area contributed by atoms with Crippen LogP contribution in [0.25, 0.3) is 0 Å². The zero-order valence-electron chi connectivity index (χ0n) is 8.75. The predicted molar refractivity (Wildman–Crippen MR) is 51.2 cm³/mol. The van der Waals surface area contributed by atoms with Gasteiger partial charge in [-0.1, -0.05) is 13.8 Å². The lowest BCUT2D eigenvalue weighted by Gasteiger charge is -2.35. The second-order valence-corrected chi connectivity index (χ2v) is 5.71. The van der Waals surface area contributed by atoms with Crippen LogP contribution in [0.1, 0.15) is 33.6 Å². The van der Waals surface area contributed by atoms with Gasteiger partial charge in [-0.05, 0) is 37.0 Å². The predicted octanol–water partition coefficient (Wildman–Crippen LogP) is 1.41. The van der Waals surface area contributed by atoms with Gasteiger partial charge in [-0.3, -0.25) is 0 Å². The van der Waals surface area contributed by atoms with Crippen molar-refractivity contribution in [1.29, 1.82) is 0 Å². The Morgan fingerprint density at radius 2 is 1.85 bits per heavy atom. The first kappa shape index (κ1) is 9.47. The van der Waals surface area contributed by atoms with Gasteiger partial charge in [0.2, 0.25) is 0 Å². The van der Waals surface area contributed by atoms with Crippen molar-refractivity contribution in [3.63, 3.8) is 0 Å². The average Bonchev–Trinajstić information content (AvgIpc) is 2.50. The lowest BCUT2D eigenvalue weighted by Crippen LogP contribution is -2.40. The number of hydrogen-bond acceptors (Lipinski definition) is 2. The molecule has 2 aliphatic carbocycles. The topological polar surface area (TPSA) is 40.5 Å². The van der Waals surface area contributed by atoms with Gasteiger partial charge in [0.15, 0.2) is 0 Å². The zero-order chi connectivity index (χ0) is 9.85. The molecule has 0 aromatic heterocycles. The summed E-state index contributed by atoms with van der Waals surface area (Å²) < 4.78 is 0. The number of fused-ring (bicyclic) bond motifs is 1. The number of rotatable bonds is 1. The summed E-state index contributed by atoms with van der Waals surface area (Å²) in [5.41, 5.74) is -0.225. The van der Waals surface area contributed by atoms with Gasteiger partial charge in [0.05, 0.1) is 5.60 Å². The molecule has 0 aromatic rings. The van der Waals surface area contributed by atoms with Crippen LogP contribution < -0.4 is 0 Å². The first-order chi connectivity index (χ1) is 5.89. The van der Waals surface area contributed by atoms with Crippen molar-refractivity contribution in [1.82, 2.24) is 0 Å². The maximum absolute atomic E-state index is 10.1. The van der Waals surface area contributed by atoms with Crippen LogP contribution in [0.15, 0.2) is 0 Å². The van der Waals surface area contributed by atoms with Crippen LogP contribution in [0.5, 0.6) is 0 Å². The van der Waals surface area contributed by atoms with Gasteiger partial charge in [0.25, 0.3) is 0 Å². The Kier molecular flexibility index (Phi) is 1.81. The molecule has 13 heavy (non-hydrogen) atoms. The molecule has 0 radical (unpaired) electrons. The highest BCUT2D eigenvalue weighted by molar-refractivity contribution is 5.12. The van der Waals surface area contributed by atoms with E-state index in [0.29, 0.717) is 11.3 Å². The van der Waals surface area contributed by atoms with Gasteiger partial charge in [-0.25, -0.2) is 0 Å². The van der Waals surface area contributed by atoms with Crippen LogP contribution in [0.2, 0.25) is 0 Å². The molecule has 2 aliphatic rings. The fraction of sp³-hybridized carbons (Fsp3) is 1.00. The van der Waals surface area contributed by atoms with E-state index in [1.807, 2.05) is 6.92 Å². The van der Waals surface area contributed by atoms with Gasteiger partial charge < -0.3 is 10.2 Å². The minimum atomic E-state index is -0.635. The van der Waals surface area contributed by atoms with E-state index in [1.165, 1.54) is 0 Å². The fourth-order valence-corrected chi connectivity index (χ4v) is 3.17. The Morgan fingerprint density at radius 1 is 1.23 bits per heavy atom. The van der Waals surface area contributed by atoms with Crippen LogP contribution in [0.3, 0.4) is 0 Å². The van der Waals surface area contributed by atoms with Gasteiger partial charge in [-0.15, -0.1) is 0 Å². The smallest absolute Gasteiger partial charge is 0.0672 e. The summed E-state index contributed by atoms with van der Waals surface area (Å²) in [4.78, 5) is 0.